The van der Waals surface area contributed by atoms with Crippen LogP contribution in [0.25, 0.3) is 16.6 Å². The summed E-state index contributed by atoms with van der Waals surface area (Å²) in [7, 11) is -4.59. The lowest BCUT2D eigenvalue weighted by molar-refractivity contribution is -0.384. The number of aromatic nitrogens is 2. The fraction of sp³-hybridized carbons (Fsp3) is 0.378. The molecule has 2 aromatic heterocycles. The predicted octanol–water partition coefficient (Wildman–Crippen LogP) is 8.28. The van der Waals surface area contributed by atoms with Crippen molar-refractivity contribution in [1.29, 1.82) is 0 Å². The number of pyridine rings is 1. The number of amides is 1. The number of likely N-dealkylation sites (tertiary alicyclic amines) is 1. The van der Waals surface area contributed by atoms with Crippen LogP contribution in [0.2, 0.25) is 5.02 Å². The van der Waals surface area contributed by atoms with Gasteiger partial charge in [-0.1, -0.05) is 43.2 Å². The fourth-order valence-electron chi connectivity index (χ4n) is 8.66. The number of carbonyl (C=O) groups is 1. The summed E-state index contributed by atoms with van der Waals surface area (Å²) in [6, 6.07) is 20.0. The number of fused-ring (bicyclic) bond motifs is 1. The summed E-state index contributed by atoms with van der Waals surface area (Å²) in [5, 5.41) is 16.7. The molecule has 2 fully saturated rings. The van der Waals surface area contributed by atoms with Gasteiger partial charge in [0, 0.05) is 92.8 Å². The molecule has 14 nitrogen and oxygen atoms in total. The van der Waals surface area contributed by atoms with Gasteiger partial charge in [0.2, 0.25) is 0 Å². The molecule has 2 saturated heterocycles. The Hall–Kier alpha value is -5.55. The third-order valence-electron chi connectivity index (χ3n) is 12.1. The normalized spacial score (nSPS) is 18.6. The zero-order valence-electron chi connectivity index (χ0n) is 34.7. The van der Waals surface area contributed by atoms with E-state index < -0.39 is 38.1 Å². The number of nitrogens with one attached hydrogen (secondary N) is 3. The zero-order valence-corrected chi connectivity index (χ0v) is 36.3. The lowest BCUT2D eigenvalue weighted by atomic mass is 9.72. The number of H-pyrrole nitrogens is 1. The number of rotatable bonds is 14. The second kappa shape index (κ2) is 18.0. The Morgan fingerprint density at radius 3 is 2.58 bits per heavy atom. The van der Waals surface area contributed by atoms with Gasteiger partial charge in [-0.25, -0.2) is 22.5 Å². The van der Waals surface area contributed by atoms with Gasteiger partial charge in [0.1, 0.15) is 29.5 Å². The second-order valence-corrected chi connectivity index (χ2v) is 19.2. The van der Waals surface area contributed by atoms with Gasteiger partial charge in [-0.3, -0.25) is 24.7 Å². The van der Waals surface area contributed by atoms with Crippen molar-refractivity contribution in [3.63, 3.8) is 0 Å². The molecule has 62 heavy (non-hydrogen) atoms. The maximum absolute atomic E-state index is 13.9. The molecule has 1 aliphatic carbocycles. The first-order chi connectivity index (χ1) is 29.7. The molecule has 17 heteroatoms. The minimum Gasteiger partial charge on any atom is -0.455 e. The molecule has 0 saturated carbocycles. The number of nitro benzene ring substituents is 1. The Kier molecular flexibility index (Phi) is 12.5. The molecule has 0 spiro atoms. The molecule has 8 rings (SSSR count). The molecule has 0 radical (unpaired) electrons. The van der Waals surface area contributed by atoms with Gasteiger partial charge in [0.25, 0.3) is 21.6 Å². The minimum atomic E-state index is -4.59. The number of alkyl halides is 1. The summed E-state index contributed by atoms with van der Waals surface area (Å²) in [6.45, 7) is 9.49. The molecular formula is C45H50ClFN8O6S. The molecule has 0 bridgehead atoms. The number of allylic oxidation sites excluding steroid dienone is 1. The van der Waals surface area contributed by atoms with Crippen molar-refractivity contribution in [2.24, 2.45) is 5.41 Å². The van der Waals surface area contributed by atoms with Crippen molar-refractivity contribution in [3.05, 3.63) is 117 Å². The van der Waals surface area contributed by atoms with Crippen LogP contribution >= 0.6 is 11.6 Å². The summed E-state index contributed by atoms with van der Waals surface area (Å²) in [5.74, 6) is -0.526. The Balaban J connectivity index is 1.00. The van der Waals surface area contributed by atoms with Crippen LogP contribution in [0, 0.1) is 15.5 Å². The molecule has 1 amide bonds. The summed E-state index contributed by atoms with van der Waals surface area (Å²) in [6.07, 6.45) is 7.08. The number of aromatic amines is 1. The summed E-state index contributed by atoms with van der Waals surface area (Å²) < 4.78 is 48.7. The molecule has 5 aromatic rings. The Morgan fingerprint density at radius 1 is 1.03 bits per heavy atom. The third kappa shape index (κ3) is 9.88. The molecule has 1 atom stereocenters. The summed E-state index contributed by atoms with van der Waals surface area (Å²) >= 11 is 6.24. The first-order valence-corrected chi connectivity index (χ1v) is 22.7. The van der Waals surface area contributed by atoms with Crippen LogP contribution in [0.3, 0.4) is 0 Å². The molecule has 3 aromatic carbocycles. The maximum Gasteiger partial charge on any atom is 0.293 e. The zero-order chi connectivity index (χ0) is 43.6. The molecule has 4 heterocycles. The fourth-order valence-corrected chi connectivity index (χ4v) is 9.77. The predicted molar refractivity (Wildman–Crippen MR) is 239 cm³/mol. The van der Waals surface area contributed by atoms with E-state index >= 15 is 0 Å². The van der Waals surface area contributed by atoms with Crippen molar-refractivity contribution < 1.29 is 27.3 Å². The molecule has 0 unspecified atom stereocenters. The van der Waals surface area contributed by atoms with Crippen molar-refractivity contribution in [1.82, 2.24) is 24.5 Å². The van der Waals surface area contributed by atoms with Crippen molar-refractivity contribution in [2.45, 2.75) is 50.5 Å². The number of nitrogens with zero attached hydrogens (tertiary/aromatic N) is 5. The number of hydrogen-bond donors (Lipinski definition) is 3. The molecule has 3 aliphatic rings. The van der Waals surface area contributed by atoms with E-state index in [-0.39, 0.29) is 35.0 Å². The highest BCUT2D eigenvalue weighted by molar-refractivity contribution is 7.90. The SMILES string of the molecule is CC1(C)CCC(CN2CCN(c3ccc(C(=O)NS(=O)(=O)c4ccc(N[C@@H]5CCN(CCF)C5)c([N+](=O)[O-])c4)c(Oc4cnc5[nH]ccc5c4)c3)CC2)=C(c2ccc(Cl)cc2)C1. The second-order valence-electron chi connectivity index (χ2n) is 17.1. The van der Waals surface area contributed by atoms with E-state index in [0.717, 1.165) is 61.1 Å². The van der Waals surface area contributed by atoms with E-state index in [0.29, 0.717) is 44.0 Å². The highest BCUT2D eigenvalue weighted by Crippen LogP contribution is 2.43. The lowest BCUT2D eigenvalue weighted by Crippen LogP contribution is -2.47. The van der Waals surface area contributed by atoms with Crippen LogP contribution in [0.15, 0.2) is 95.7 Å². The monoisotopic (exact) mass is 884 g/mol. The van der Waals surface area contributed by atoms with Crippen LogP contribution in [-0.2, 0) is 10.0 Å². The van der Waals surface area contributed by atoms with Gasteiger partial charge in [0.05, 0.1) is 21.6 Å². The average Bonchev–Trinajstić information content (AvgIpc) is 3.91. The number of nitro groups is 1. The van der Waals surface area contributed by atoms with Crippen LogP contribution in [0.4, 0.5) is 21.5 Å². The average molecular weight is 885 g/mol. The highest BCUT2D eigenvalue weighted by Gasteiger charge is 2.31. The summed E-state index contributed by atoms with van der Waals surface area (Å²) in [5.41, 5.74) is 5.36. The van der Waals surface area contributed by atoms with Gasteiger partial charge >= 0.3 is 0 Å². The number of carbonyl (C=O) groups excluding carboxylic acids is 1. The Labute approximate surface area is 365 Å². The molecule has 326 valence electrons. The Bertz CT molecular complexity index is 2610. The van der Waals surface area contributed by atoms with Crippen molar-refractivity contribution >= 4 is 61.2 Å². The van der Waals surface area contributed by atoms with Gasteiger partial charge in [-0.15, -0.1) is 0 Å². The van der Waals surface area contributed by atoms with E-state index in [1.54, 1.807) is 24.4 Å². The largest absolute Gasteiger partial charge is 0.455 e. The first kappa shape index (κ1) is 43.1. The van der Waals surface area contributed by atoms with Crippen molar-refractivity contribution in [3.8, 4) is 11.5 Å². The standard InChI is InChI=1S/C45H50ClFN8O6S/c1-45(2)14-11-32(39(26-45)30-3-5-33(46)6-4-30)28-53-19-21-54(22-20-53)35-7-9-38(42(24-35)61-36-23-31-12-16-48-43(31)49-27-36)44(56)51-62(59,60)37-8-10-40(41(25-37)55(57)58)50-34-13-17-52(29-34)18-15-47/h3-10,12,16,23-25,27,34,50H,11,13-15,17-22,26,28-29H2,1-2H3,(H,48,49)(H,51,56)/t34-/m1/s1. The smallest absolute Gasteiger partial charge is 0.293 e. The van der Waals surface area contributed by atoms with Crippen LogP contribution < -0.4 is 19.7 Å². The highest BCUT2D eigenvalue weighted by atomic mass is 35.5. The van der Waals surface area contributed by atoms with Gasteiger partial charge in [-0.05, 0) is 90.8 Å². The van der Waals surface area contributed by atoms with E-state index in [9.17, 15) is 27.7 Å². The molecule has 3 N–H and O–H groups in total. The number of sulfonamides is 1. The summed E-state index contributed by atoms with van der Waals surface area (Å²) in [4.78, 5) is 39.0. The quantitative estimate of drug-likeness (QED) is 0.0726. The molecule has 2 aliphatic heterocycles. The number of benzene rings is 3. The van der Waals surface area contributed by atoms with Crippen molar-refractivity contribution in [2.75, 3.05) is 69.2 Å². The van der Waals surface area contributed by atoms with E-state index in [4.69, 9.17) is 16.3 Å². The van der Waals surface area contributed by atoms with E-state index in [1.165, 1.54) is 41.1 Å². The number of hydrogen-bond acceptors (Lipinski definition) is 11. The lowest BCUT2D eigenvalue weighted by Gasteiger charge is -2.39. The Morgan fingerprint density at radius 2 is 1.82 bits per heavy atom. The van der Waals surface area contributed by atoms with Crippen LogP contribution in [0.1, 0.15) is 55.5 Å². The minimum absolute atomic E-state index is 0.0566. The topological polar surface area (TPSA) is 166 Å². The number of halogens is 2. The van der Waals surface area contributed by atoms with Gasteiger partial charge in [-0.2, -0.15) is 0 Å². The van der Waals surface area contributed by atoms with E-state index in [1.807, 2.05) is 23.1 Å². The van der Waals surface area contributed by atoms with Gasteiger partial charge in [0.15, 0.2) is 0 Å². The maximum atomic E-state index is 13.9. The number of ether oxygens (including phenoxy) is 1. The third-order valence-corrected chi connectivity index (χ3v) is 13.7. The van der Waals surface area contributed by atoms with E-state index in [2.05, 4.69) is 55.8 Å². The van der Waals surface area contributed by atoms with Gasteiger partial charge < -0.3 is 19.9 Å². The first-order valence-electron chi connectivity index (χ1n) is 20.8. The molecular weight excluding hydrogens is 835 g/mol. The number of anilines is 2. The van der Waals surface area contributed by atoms with Crippen LogP contribution in [-0.4, -0.2) is 104 Å². The number of piperazine rings is 1. The van der Waals surface area contributed by atoms with Crippen LogP contribution in [0.5, 0.6) is 11.5 Å².